The fourth-order valence-electron chi connectivity index (χ4n) is 2.05. The highest BCUT2D eigenvalue weighted by atomic mass is 16.5. The molecule has 0 radical (unpaired) electrons. The van der Waals surface area contributed by atoms with E-state index in [0.717, 1.165) is 28.2 Å². The summed E-state index contributed by atoms with van der Waals surface area (Å²) < 4.78 is 5.51. The van der Waals surface area contributed by atoms with Crippen molar-refractivity contribution in [1.29, 1.82) is 0 Å². The number of benzene rings is 2. The quantitative estimate of drug-likeness (QED) is 0.536. The van der Waals surface area contributed by atoms with Crippen molar-refractivity contribution >= 4 is 17.1 Å². The fraction of sp³-hybridized carbons (Fsp3) is 0.176. The first-order valence-electron chi connectivity index (χ1n) is 7.37. The molecule has 1 aromatic heterocycles. The molecule has 7 heteroatoms. The smallest absolute Gasteiger partial charge is 0.402 e. The summed E-state index contributed by atoms with van der Waals surface area (Å²) in [5.41, 5.74) is 7.05. The number of H-pyrrole nitrogens is 1. The number of aromatic nitrogens is 2. The molecule has 24 heavy (non-hydrogen) atoms. The van der Waals surface area contributed by atoms with Crippen LogP contribution in [0.3, 0.4) is 0 Å². The van der Waals surface area contributed by atoms with Gasteiger partial charge in [0.1, 0.15) is 11.6 Å². The number of aromatic amines is 1. The highest BCUT2D eigenvalue weighted by molar-refractivity contribution is 5.79. The molecule has 0 saturated carbocycles. The van der Waals surface area contributed by atoms with Gasteiger partial charge in [0.2, 0.25) is 0 Å². The summed E-state index contributed by atoms with van der Waals surface area (Å²) in [6.45, 7) is 0.678. The van der Waals surface area contributed by atoms with Crippen LogP contribution in [-0.2, 0) is 0 Å². The Bertz CT molecular complexity index is 747. The molecule has 0 fully saturated rings. The van der Waals surface area contributed by atoms with E-state index in [1.165, 1.54) is 0 Å². The van der Waals surface area contributed by atoms with Gasteiger partial charge in [-0.05, 0) is 36.4 Å². The van der Waals surface area contributed by atoms with Crippen molar-refractivity contribution in [3.05, 3.63) is 48.5 Å². The molecule has 126 valence electrons. The first-order chi connectivity index (χ1) is 11.6. The molecule has 7 nitrogen and oxygen atoms in total. The lowest BCUT2D eigenvalue weighted by atomic mass is 10.2. The normalized spacial score (nSPS) is 10.0. The maximum absolute atomic E-state index is 8.78. The summed E-state index contributed by atoms with van der Waals surface area (Å²) in [7, 11) is 0. The van der Waals surface area contributed by atoms with Crippen LogP contribution in [0.2, 0.25) is 0 Å². The zero-order valence-electron chi connectivity index (χ0n) is 13.0. The average Bonchev–Trinajstić information content (AvgIpc) is 2.99. The van der Waals surface area contributed by atoms with Crippen LogP contribution in [0.25, 0.3) is 22.4 Å². The van der Waals surface area contributed by atoms with Gasteiger partial charge in [-0.1, -0.05) is 12.1 Å². The van der Waals surface area contributed by atoms with Crippen molar-refractivity contribution in [2.24, 2.45) is 5.73 Å². The van der Waals surface area contributed by atoms with E-state index in [0.29, 0.717) is 13.0 Å². The zero-order valence-corrected chi connectivity index (χ0v) is 13.0. The van der Waals surface area contributed by atoms with Crippen LogP contribution in [0.4, 0.5) is 4.79 Å². The van der Waals surface area contributed by atoms with Crippen molar-refractivity contribution in [2.75, 3.05) is 13.2 Å². The first kappa shape index (κ1) is 17.3. The number of ether oxygens (including phenoxy) is 1. The number of primary amides is 1. The summed E-state index contributed by atoms with van der Waals surface area (Å²) >= 11 is 0. The number of carbonyl (C=O) groups is 1. The number of nitrogens with two attached hydrogens (primary N) is 1. The molecular weight excluding hydrogens is 310 g/mol. The SMILES string of the molecule is NC(=O)O.OCCCOc1ccc(-c2nc3ccccc3[nH]2)cc1. The van der Waals surface area contributed by atoms with E-state index in [4.69, 9.17) is 19.7 Å². The molecule has 0 saturated heterocycles. The minimum Gasteiger partial charge on any atom is -0.494 e. The van der Waals surface area contributed by atoms with Gasteiger partial charge in [0.15, 0.2) is 0 Å². The monoisotopic (exact) mass is 329 g/mol. The Kier molecular flexibility index (Phi) is 6.16. The molecule has 0 unspecified atom stereocenters. The molecule has 0 aliphatic rings. The van der Waals surface area contributed by atoms with Gasteiger partial charge < -0.3 is 25.7 Å². The second kappa shape index (κ2) is 8.54. The third-order valence-electron chi connectivity index (χ3n) is 3.09. The van der Waals surface area contributed by atoms with E-state index >= 15 is 0 Å². The molecule has 1 heterocycles. The number of aliphatic hydroxyl groups excluding tert-OH is 1. The number of amides is 1. The molecule has 1 amide bonds. The zero-order chi connectivity index (χ0) is 17.4. The van der Waals surface area contributed by atoms with E-state index < -0.39 is 6.09 Å². The molecular formula is C17H19N3O4. The number of hydrogen-bond acceptors (Lipinski definition) is 4. The highest BCUT2D eigenvalue weighted by Gasteiger charge is 2.04. The number of nitrogens with one attached hydrogen (secondary N) is 1. The number of hydrogen-bond donors (Lipinski definition) is 4. The molecule has 0 bridgehead atoms. The fourth-order valence-corrected chi connectivity index (χ4v) is 2.05. The van der Waals surface area contributed by atoms with Gasteiger partial charge in [0, 0.05) is 18.6 Å². The lowest BCUT2D eigenvalue weighted by Gasteiger charge is -2.05. The Morgan fingerprint density at radius 2 is 1.83 bits per heavy atom. The van der Waals surface area contributed by atoms with Gasteiger partial charge in [0.25, 0.3) is 0 Å². The maximum Gasteiger partial charge on any atom is 0.402 e. The predicted octanol–water partition coefficient (Wildman–Crippen LogP) is 2.61. The van der Waals surface area contributed by atoms with E-state index in [1.54, 1.807) is 0 Å². The average molecular weight is 329 g/mol. The van der Waals surface area contributed by atoms with Crippen LogP contribution >= 0.6 is 0 Å². The molecule has 0 aliphatic heterocycles. The lowest BCUT2D eigenvalue weighted by Crippen LogP contribution is -2.03. The van der Waals surface area contributed by atoms with Crippen LogP contribution in [-0.4, -0.2) is 39.5 Å². The molecule has 0 spiro atoms. The Morgan fingerprint density at radius 3 is 2.46 bits per heavy atom. The van der Waals surface area contributed by atoms with E-state index in [-0.39, 0.29) is 6.61 Å². The topological polar surface area (TPSA) is 121 Å². The summed E-state index contributed by atoms with van der Waals surface area (Å²) in [4.78, 5) is 16.6. The number of fused-ring (bicyclic) bond motifs is 1. The second-order valence-corrected chi connectivity index (χ2v) is 4.89. The van der Waals surface area contributed by atoms with Gasteiger partial charge in [-0.25, -0.2) is 9.78 Å². The van der Waals surface area contributed by atoms with Crippen molar-refractivity contribution in [1.82, 2.24) is 9.97 Å². The molecule has 0 aliphatic carbocycles. The number of aliphatic hydroxyl groups is 1. The third kappa shape index (κ3) is 4.99. The van der Waals surface area contributed by atoms with Crippen molar-refractivity contribution in [3.8, 4) is 17.1 Å². The van der Waals surface area contributed by atoms with Gasteiger partial charge in [-0.2, -0.15) is 0 Å². The number of para-hydroxylation sites is 2. The van der Waals surface area contributed by atoms with Crippen molar-refractivity contribution < 1.29 is 19.7 Å². The van der Waals surface area contributed by atoms with E-state index in [2.05, 4.69) is 15.7 Å². The van der Waals surface area contributed by atoms with Crippen LogP contribution in [0, 0.1) is 0 Å². The summed E-state index contributed by atoms with van der Waals surface area (Å²) in [6, 6.07) is 15.8. The molecule has 3 aromatic rings. The molecule has 5 N–H and O–H groups in total. The van der Waals surface area contributed by atoms with Crippen molar-refractivity contribution in [3.63, 3.8) is 0 Å². The van der Waals surface area contributed by atoms with Gasteiger partial charge in [-0.3, -0.25) is 0 Å². The Hall–Kier alpha value is -3.06. The summed E-state index contributed by atoms with van der Waals surface area (Å²) in [5.74, 6) is 1.66. The largest absolute Gasteiger partial charge is 0.494 e. The number of carboxylic acid groups (broad SMARTS) is 1. The number of rotatable bonds is 5. The van der Waals surface area contributed by atoms with Crippen LogP contribution in [0.5, 0.6) is 5.75 Å². The Morgan fingerprint density at radius 1 is 1.17 bits per heavy atom. The Labute approximate surface area is 138 Å². The first-order valence-corrected chi connectivity index (χ1v) is 7.37. The predicted molar refractivity (Wildman–Crippen MR) is 90.9 cm³/mol. The summed E-state index contributed by atoms with van der Waals surface area (Å²) in [5, 5.41) is 15.9. The minimum absolute atomic E-state index is 0.150. The minimum atomic E-state index is -1.33. The molecule has 2 aromatic carbocycles. The molecule has 3 rings (SSSR count). The standard InChI is InChI=1S/C16H16N2O2.CH3NO2/c19-10-3-11-20-13-8-6-12(7-9-13)16-17-14-4-1-2-5-15(14)18-16;2-1(3)4/h1-2,4-9,19H,3,10-11H2,(H,17,18);2H2,(H,3,4). The Balaban J connectivity index is 0.000000471. The highest BCUT2D eigenvalue weighted by Crippen LogP contribution is 2.22. The van der Waals surface area contributed by atoms with Gasteiger partial charge in [0.05, 0.1) is 17.6 Å². The van der Waals surface area contributed by atoms with E-state index in [9.17, 15) is 0 Å². The van der Waals surface area contributed by atoms with Crippen LogP contribution < -0.4 is 10.5 Å². The molecule has 0 atom stereocenters. The third-order valence-corrected chi connectivity index (χ3v) is 3.09. The lowest BCUT2D eigenvalue weighted by molar-refractivity contribution is 0.205. The van der Waals surface area contributed by atoms with Crippen LogP contribution in [0.15, 0.2) is 48.5 Å². The maximum atomic E-state index is 8.78. The van der Waals surface area contributed by atoms with Gasteiger partial charge >= 0.3 is 6.09 Å². The van der Waals surface area contributed by atoms with Gasteiger partial charge in [-0.15, -0.1) is 0 Å². The number of imidazole rings is 1. The van der Waals surface area contributed by atoms with Crippen molar-refractivity contribution in [2.45, 2.75) is 6.42 Å². The second-order valence-electron chi connectivity index (χ2n) is 4.89. The van der Waals surface area contributed by atoms with E-state index in [1.807, 2.05) is 48.5 Å². The van der Waals surface area contributed by atoms with Crippen LogP contribution in [0.1, 0.15) is 6.42 Å². The number of nitrogens with zero attached hydrogens (tertiary/aromatic N) is 1. The summed E-state index contributed by atoms with van der Waals surface area (Å²) in [6.07, 6.45) is -0.689.